The van der Waals surface area contributed by atoms with Crippen molar-refractivity contribution < 1.29 is 22.8 Å². The molecular formula is C11H13F3N6O2. The van der Waals surface area contributed by atoms with Gasteiger partial charge in [0, 0.05) is 26.1 Å². The first kappa shape index (κ1) is 14.7. The van der Waals surface area contributed by atoms with E-state index in [0.29, 0.717) is 24.4 Å². The van der Waals surface area contributed by atoms with Gasteiger partial charge in [0.05, 0.1) is 5.92 Å². The fraction of sp³-hybridized carbons (Fsp3) is 0.727. The lowest BCUT2D eigenvalue weighted by atomic mass is 10.1. The second kappa shape index (κ2) is 5.21. The van der Waals surface area contributed by atoms with Crippen molar-refractivity contribution in [3.63, 3.8) is 0 Å². The van der Waals surface area contributed by atoms with Gasteiger partial charge in [-0.1, -0.05) is 5.10 Å². The van der Waals surface area contributed by atoms with Crippen molar-refractivity contribution in [1.82, 2.24) is 25.1 Å². The zero-order valence-corrected chi connectivity index (χ0v) is 11.5. The van der Waals surface area contributed by atoms with Gasteiger partial charge in [-0.15, -0.1) is 0 Å². The number of carbonyl (C=O) groups is 2. The molecule has 2 aliphatic heterocycles. The number of alkyl halides is 3. The van der Waals surface area contributed by atoms with Crippen molar-refractivity contribution in [1.29, 1.82) is 0 Å². The minimum Gasteiger partial charge on any atom is -0.333 e. The van der Waals surface area contributed by atoms with E-state index in [1.807, 2.05) is 0 Å². The van der Waals surface area contributed by atoms with Crippen molar-refractivity contribution in [2.24, 2.45) is 5.92 Å². The van der Waals surface area contributed by atoms with Crippen molar-refractivity contribution in [3.8, 4) is 0 Å². The number of fused-ring (bicyclic) bond motifs is 1. The van der Waals surface area contributed by atoms with Gasteiger partial charge < -0.3 is 4.90 Å². The van der Waals surface area contributed by atoms with Gasteiger partial charge in [-0.25, -0.2) is 4.68 Å². The second-order valence-corrected chi connectivity index (χ2v) is 5.34. The summed E-state index contributed by atoms with van der Waals surface area (Å²) in [5.74, 6) is -1.59. The highest BCUT2D eigenvalue weighted by atomic mass is 19.4. The van der Waals surface area contributed by atoms with E-state index in [-0.39, 0.29) is 18.9 Å². The van der Waals surface area contributed by atoms with Gasteiger partial charge in [0.15, 0.2) is 0 Å². The third kappa shape index (κ3) is 2.74. The van der Waals surface area contributed by atoms with Gasteiger partial charge >= 0.3 is 6.18 Å². The van der Waals surface area contributed by atoms with Gasteiger partial charge in [-0.05, 0) is 16.8 Å². The maximum Gasteiger partial charge on any atom is 0.406 e. The molecule has 2 aliphatic rings. The smallest absolute Gasteiger partial charge is 0.333 e. The first-order valence-electron chi connectivity index (χ1n) is 6.77. The fourth-order valence-corrected chi connectivity index (χ4v) is 2.75. The number of anilines is 1. The summed E-state index contributed by atoms with van der Waals surface area (Å²) >= 11 is 0. The zero-order chi connectivity index (χ0) is 15.9. The number of likely N-dealkylation sites (tertiary alicyclic amines) is 1. The number of aryl methyl sites for hydroxylation is 1. The monoisotopic (exact) mass is 318 g/mol. The van der Waals surface area contributed by atoms with Crippen LogP contribution in [0.5, 0.6) is 0 Å². The van der Waals surface area contributed by atoms with Crippen LogP contribution in [0.25, 0.3) is 0 Å². The van der Waals surface area contributed by atoms with Crippen LogP contribution < -0.4 is 4.90 Å². The summed E-state index contributed by atoms with van der Waals surface area (Å²) in [6.07, 6.45) is -4.04. The molecule has 0 saturated carbocycles. The summed E-state index contributed by atoms with van der Waals surface area (Å²) in [5, 5.41) is 11.0. The average molecular weight is 318 g/mol. The summed E-state index contributed by atoms with van der Waals surface area (Å²) in [5.41, 5.74) is 0. The van der Waals surface area contributed by atoms with Crippen LogP contribution >= 0.6 is 0 Å². The predicted octanol–water partition coefficient (Wildman–Crippen LogP) is -0.179. The van der Waals surface area contributed by atoms with Crippen LogP contribution in [0.3, 0.4) is 0 Å². The number of rotatable bonds is 2. The lowest BCUT2D eigenvalue weighted by molar-refractivity contribution is -0.157. The van der Waals surface area contributed by atoms with Crippen LogP contribution in [-0.2, 0) is 16.1 Å². The molecule has 2 amide bonds. The molecule has 1 saturated heterocycles. The quantitative estimate of drug-likeness (QED) is 0.755. The van der Waals surface area contributed by atoms with Crippen molar-refractivity contribution in [3.05, 3.63) is 0 Å². The highest BCUT2D eigenvalue weighted by Crippen LogP contribution is 2.27. The van der Waals surface area contributed by atoms with E-state index in [1.165, 1.54) is 9.58 Å². The molecule has 1 unspecified atom stereocenters. The Labute approximate surface area is 122 Å². The number of aromatic nitrogens is 4. The van der Waals surface area contributed by atoms with Crippen molar-refractivity contribution >= 4 is 17.8 Å². The lowest BCUT2D eigenvalue weighted by Crippen LogP contribution is -2.43. The van der Waals surface area contributed by atoms with E-state index in [4.69, 9.17) is 0 Å². The molecule has 8 nitrogen and oxygen atoms in total. The first-order chi connectivity index (χ1) is 10.3. The fourth-order valence-electron chi connectivity index (χ4n) is 2.75. The number of hydrogen-bond acceptors (Lipinski definition) is 5. The van der Waals surface area contributed by atoms with Gasteiger partial charge in [-0.3, -0.25) is 14.5 Å². The lowest BCUT2D eigenvalue weighted by Gasteiger charge is -2.27. The minimum atomic E-state index is -4.47. The number of nitrogens with zero attached hydrogens (tertiary/aromatic N) is 6. The molecule has 0 aromatic carbocycles. The Morgan fingerprint density at radius 1 is 1.32 bits per heavy atom. The van der Waals surface area contributed by atoms with E-state index in [1.54, 1.807) is 0 Å². The van der Waals surface area contributed by atoms with Gasteiger partial charge in [0.1, 0.15) is 6.54 Å². The summed E-state index contributed by atoms with van der Waals surface area (Å²) < 4.78 is 38.7. The molecule has 0 N–H and O–H groups in total. The maximum absolute atomic E-state index is 12.5. The summed E-state index contributed by atoms with van der Waals surface area (Å²) in [4.78, 5) is 26.2. The Hall–Kier alpha value is -2.20. The van der Waals surface area contributed by atoms with Gasteiger partial charge in [0.25, 0.3) is 5.95 Å². The van der Waals surface area contributed by atoms with E-state index in [0.717, 1.165) is 0 Å². The van der Waals surface area contributed by atoms with Crippen molar-refractivity contribution in [2.45, 2.75) is 25.6 Å². The van der Waals surface area contributed by atoms with Crippen molar-refractivity contribution in [2.75, 3.05) is 24.5 Å². The SMILES string of the molecule is O=C1CC(C(=O)N2CCCn3nnnc32)CN1CC(F)(F)F. The van der Waals surface area contributed by atoms with Crippen LogP contribution in [0.4, 0.5) is 19.1 Å². The molecule has 120 valence electrons. The number of halogens is 3. The minimum absolute atomic E-state index is 0.215. The van der Waals surface area contributed by atoms with Crippen LogP contribution in [0.2, 0.25) is 0 Å². The molecule has 11 heteroatoms. The van der Waals surface area contributed by atoms with E-state index in [9.17, 15) is 22.8 Å². The molecular weight excluding hydrogens is 305 g/mol. The summed E-state index contributed by atoms with van der Waals surface area (Å²) in [6, 6.07) is 0. The van der Waals surface area contributed by atoms with Crippen LogP contribution in [0.1, 0.15) is 12.8 Å². The summed E-state index contributed by atoms with van der Waals surface area (Å²) in [7, 11) is 0. The highest BCUT2D eigenvalue weighted by Gasteiger charge is 2.42. The number of hydrogen-bond donors (Lipinski definition) is 0. The molecule has 1 fully saturated rings. The molecule has 0 bridgehead atoms. The molecule has 1 aromatic heterocycles. The molecule has 0 aliphatic carbocycles. The van der Waals surface area contributed by atoms with Crippen LogP contribution in [0.15, 0.2) is 0 Å². The Kier molecular flexibility index (Phi) is 3.49. The Morgan fingerprint density at radius 2 is 2.09 bits per heavy atom. The molecule has 0 spiro atoms. The second-order valence-electron chi connectivity index (χ2n) is 5.34. The zero-order valence-electron chi connectivity index (χ0n) is 11.5. The molecule has 1 atom stereocenters. The molecule has 22 heavy (non-hydrogen) atoms. The average Bonchev–Trinajstić information content (AvgIpc) is 3.03. The maximum atomic E-state index is 12.5. The number of carbonyl (C=O) groups excluding carboxylic acids is 2. The molecule has 0 radical (unpaired) electrons. The largest absolute Gasteiger partial charge is 0.406 e. The van der Waals surface area contributed by atoms with E-state index in [2.05, 4.69) is 15.5 Å². The molecule has 3 rings (SSSR count). The topological polar surface area (TPSA) is 84.2 Å². The number of tetrazole rings is 1. The van der Waals surface area contributed by atoms with E-state index >= 15 is 0 Å². The van der Waals surface area contributed by atoms with Crippen LogP contribution in [0, 0.1) is 5.92 Å². The summed E-state index contributed by atoms with van der Waals surface area (Å²) in [6.45, 7) is -0.582. The van der Waals surface area contributed by atoms with E-state index < -0.39 is 30.5 Å². The van der Waals surface area contributed by atoms with Gasteiger partial charge in [0.2, 0.25) is 11.8 Å². The predicted molar refractivity (Wildman–Crippen MR) is 65.5 cm³/mol. The highest BCUT2D eigenvalue weighted by molar-refractivity contribution is 5.98. The van der Waals surface area contributed by atoms with Crippen LogP contribution in [-0.4, -0.2) is 62.7 Å². The Balaban J connectivity index is 1.71. The third-order valence-corrected chi connectivity index (χ3v) is 3.71. The third-order valence-electron chi connectivity index (χ3n) is 3.71. The van der Waals surface area contributed by atoms with Gasteiger partial charge in [-0.2, -0.15) is 13.2 Å². The molecule has 3 heterocycles. The standard InChI is InChI=1S/C11H13F3N6O2/c12-11(13,14)6-18-5-7(4-8(18)21)9(22)19-2-1-3-20-10(19)15-16-17-20/h7H,1-6H2. The normalized spacial score (nSPS) is 22.1. The Morgan fingerprint density at radius 3 is 2.82 bits per heavy atom. The Bertz CT molecular complexity index is 601. The molecule has 1 aromatic rings. The number of amides is 2. The first-order valence-corrected chi connectivity index (χ1v) is 6.77.